The standard InChI is InChI=1S/C63H71N3O/c1-16-63(14,15)46-29-30-54(50(37-46)41-21-18-17-19-22-41)66-55-24-20-23-49(56(55)65-58(66)51-38-48(61(8,9)10)39-52(57(51)67)62(11,12)13)43-33-44(35-47(34-43)60(5,6)7)53-36-42(31-32-64-53)40-25-27-45(28-26-40)59(2,3)4/h17-39,67H,16H2,1-15H3/i2D3,3D3,4D3,25D,26D,27D,28D. The fourth-order valence-electron chi connectivity index (χ4n) is 8.52. The van der Waals surface area contributed by atoms with Crippen molar-refractivity contribution in [2.24, 2.45) is 0 Å². The Morgan fingerprint density at radius 2 is 1.19 bits per heavy atom. The summed E-state index contributed by atoms with van der Waals surface area (Å²) in [6, 6.07) is 32.5. The van der Waals surface area contributed by atoms with Gasteiger partial charge in [0.05, 0.1) is 33.5 Å². The zero-order valence-corrected chi connectivity index (χ0v) is 41.0. The molecule has 2 heterocycles. The summed E-state index contributed by atoms with van der Waals surface area (Å²) in [6.45, 7) is 14.3. The lowest BCUT2D eigenvalue weighted by Gasteiger charge is -2.28. The summed E-state index contributed by atoms with van der Waals surface area (Å²) in [5, 5.41) is 12.7. The second-order valence-electron chi connectivity index (χ2n) is 21.7. The number of aromatic hydroxyl groups is 1. The Labute approximate surface area is 419 Å². The average Bonchev–Trinajstić information content (AvgIpc) is 3.76. The molecule has 0 unspecified atom stereocenters. The smallest absolute Gasteiger partial charge is 0.149 e. The molecule has 4 nitrogen and oxygen atoms in total. The predicted molar refractivity (Wildman–Crippen MR) is 286 cm³/mol. The highest BCUT2D eigenvalue weighted by atomic mass is 16.3. The van der Waals surface area contributed by atoms with Crippen molar-refractivity contribution in [3.8, 4) is 67.5 Å². The van der Waals surface area contributed by atoms with Crippen molar-refractivity contribution in [2.75, 3.05) is 0 Å². The van der Waals surface area contributed by atoms with E-state index in [2.05, 4.69) is 136 Å². The van der Waals surface area contributed by atoms with Crippen molar-refractivity contribution in [1.29, 1.82) is 0 Å². The molecule has 1 N–H and O–H groups in total. The van der Waals surface area contributed by atoms with Crippen molar-refractivity contribution in [2.45, 2.75) is 137 Å². The minimum Gasteiger partial charge on any atom is -0.507 e. The van der Waals surface area contributed by atoms with Gasteiger partial charge in [-0.1, -0.05) is 188 Å². The molecule has 4 heteroatoms. The highest BCUT2D eigenvalue weighted by Crippen LogP contribution is 2.46. The number of phenols is 1. The van der Waals surface area contributed by atoms with Crippen LogP contribution in [0, 0.1) is 0 Å². The largest absolute Gasteiger partial charge is 0.507 e. The van der Waals surface area contributed by atoms with Gasteiger partial charge >= 0.3 is 0 Å². The molecule has 6 aromatic carbocycles. The first-order chi connectivity index (χ1) is 36.8. The van der Waals surface area contributed by atoms with Crippen LogP contribution in [0.2, 0.25) is 0 Å². The summed E-state index contributed by atoms with van der Waals surface area (Å²) in [4.78, 5) is 10.4. The number of hydrogen-bond donors (Lipinski definition) is 1. The predicted octanol–water partition coefficient (Wildman–Crippen LogP) is 17.3. The molecule has 8 aromatic rings. The third-order valence-corrected chi connectivity index (χ3v) is 13.2. The van der Waals surface area contributed by atoms with Gasteiger partial charge in [0.2, 0.25) is 0 Å². The first-order valence-corrected chi connectivity index (χ1v) is 23.1. The number of fused-ring (bicyclic) bond motifs is 1. The monoisotopic (exact) mass is 899 g/mol. The van der Waals surface area contributed by atoms with Gasteiger partial charge in [-0.3, -0.25) is 9.55 Å². The first-order valence-electron chi connectivity index (χ1n) is 29.6. The molecule has 0 aliphatic heterocycles. The zero-order valence-electron chi connectivity index (χ0n) is 54.0. The normalized spacial score (nSPS) is 16.2. The summed E-state index contributed by atoms with van der Waals surface area (Å²) < 4.78 is 113. The number of nitrogens with zero attached hydrogens (tertiary/aromatic N) is 3. The minimum absolute atomic E-state index is 0.135. The molecule has 2 aromatic heterocycles. The second kappa shape index (κ2) is 17.1. The van der Waals surface area contributed by atoms with E-state index in [9.17, 15) is 7.85 Å². The lowest BCUT2D eigenvalue weighted by atomic mass is 9.78. The highest BCUT2D eigenvalue weighted by molar-refractivity contribution is 5.98. The molecule has 67 heavy (non-hydrogen) atoms. The highest BCUT2D eigenvalue weighted by Gasteiger charge is 2.30. The molecule has 0 spiro atoms. The number of hydrogen-bond acceptors (Lipinski definition) is 3. The van der Waals surface area contributed by atoms with Crippen LogP contribution in [0.3, 0.4) is 0 Å². The average molecular weight is 899 g/mol. The van der Waals surface area contributed by atoms with E-state index in [0.717, 1.165) is 56.6 Å². The SMILES string of the molecule is [2H]c1c([2H])c(C(C([2H])([2H])[2H])(C([2H])([2H])[2H])C([2H])([2H])[2H])c([2H])c([2H])c1-c1ccnc(-c2cc(-c3cccc4c3nc(-c3cc(C(C)(C)C)cc(C(C)(C)C)c3O)n4-c3ccc(C(C)(C)CC)cc3-c3ccccc3)cc(C(C)(C)C)c2)c1. The van der Waals surface area contributed by atoms with Crippen LogP contribution < -0.4 is 0 Å². The van der Waals surface area contributed by atoms with E-state index < -0.39 is 66.5 Å². The lowest BCUT2D eigenvalue weighted by molar-refractivity contribution is 0.446. The van der Waals surface area contributed by atoms with E-state index in [1.165, 1.54) is 17.8 Å². The number of benzene rings is 6. The Morgan fingerprint density at radius 1 is 0.537 bits per heavy atom. The number of rotatable bonds is 8. The van der Waals surface area contributed by atoms with E-state index in [4.69, 9.17) is 25.0 Å². The summed E-state index contributed by atoms with van der Waals surface area (Å²) in [5.41, 5.74) is 4.91. The summed E-state index contributed by atoms with van der Waals surface area (Å²) in [7, 11) is 0. The Bertz CT molecular complexity index is 3630. The third kappa shape index (κ3) is 9.38. The van der Waals surface area contributed by atoms with Gasteiger partial charge in [0.15, 0.2) is 0 Å². The number of imidazole rings is 1. The molecule has 0 aliphatic rings. The fraction of sp³-hybridized carbons (Fsp3) is 0.333. The quantitative estimate of drug-likeness (QED) is 0.165. The fourth-order valence-corrected chi connectivity index (χ4v) is 8.52. The minimum atomic E-state index is -3.81. The van der Waals surface area contributed by atoms with Crippen LogP contribution in [-0.4, -0.2) is 19.6 Å². The maximum absolute atomic E-state index is 12.7. The van der Waals surface area contributed by atoms with Crippen molar-refractivity contribution in [3.05, 3.63) is 167 Å². The van der Waals surface area contributed by atoms with Crippen molar-refractivity contribution < 1.29 is 22.9 Å². The van der Waals surface area contributed by atoms with Crippen LogP contribution in [0.25, 0.3) is 72.7 Å². The van der Waals surface area contributed by atoms with Crippen LogP contribution >= 0.6 is 0 Å². The van der Waals surface area contributed by atoms with Crippen molar-refractivity contribution in [3.63, 3.8) is 0 Å². The summed E-state index contributed by atoms with van der Waals surface area (Å²) in [5.74, 6) is 0.682. The molecule has 0 saturated heterocycles. The van der Waals surface area contributed by atoms with E-state index in [1.54, 1.807) is 6.07 Å². The van der Waals surface area contributed by atoms with E-state index in [1.807, 2.05) is 48.5 Å². The summed E-state index contributed by atoms with van der Waals surface area (Å²) >= 11 is 0. The van der Waals surface area contributed by atoms with E-state index in [0.29, 0.717) is 28.2 Å². The molecule has 0 aliphatic carbocycles. The number of pyridine rings is 1. The van der Waals surface area contributed by atoms with Gasteiger partial charge in [-0.2, -0.15) is 0 Å². The number of aromatic nitrogens is 3. The topological polar surface area (TPSA) is 50.9 Å². The maximum Gasteiger partial charge on any atom is 0.149 e. The maximum atomic E-state index is 12.7. The third-order valence-electron chi connectivity index (χ3n) is 13.2. The molecule has 0 amide bonds. The number of phenolic OH excluding ortho intramolecular Hbond substituents is 1. The van der Waals surface area contributed by atoms with Gasteiger partial charge in [-0.25, -0.2) is 4.98 Å². The molecule has 8 rings (SSSR count). The van der Waals surface area contributed by atoms with Crippen molar-refractivity contribution in [1.82, 2.24) is 14.5 Å². The van der Waals surface area contributed by atoms with Gasteiger partial charge in [-0.15, -0.1) is 0 Å². The Kier molecular flexibility index (Phi) is 8.49. The van der Waals surface area contributed by atoms with Gasteiger partial charge < -0.3 is 5.11 Å². The molecule has 0 atom stereocenters. The Hall–Kier alpha value is -6.26. The molecule has 0 radical (unpaired) electrons. The zero-order chi connectivity index (χ0) is 59.4. The van der Waals surface area contributed by atoms with Crippen LogP contribution in [0.4, 0.5) is 0 Å². The van der Waals surface area contributed by atoms with Crippen LogP contribution in [-0.2, 0) is 27.1 Å². The molecule has 0 fully saturated rings. The molecular formula is C63H71N3O. The molecule has 0 bridgehead atoms. The Morgan fingerprint density at radius 3 is 1.84 bits per heavy atom. The van der Waals surface area contributed by atoms with Crippen LogP contribution in [0.15, 0.2) is 140 Å². The van der Waals surface area contributed by atoms with Gasteiger partial charge in [0.25, 0.3) is 0 Å². The summed E-state index contributed by atoms with van der Waals surface area (Å²) in [6.07, 6.45) is 2.36. The van der Waals surface area contributed by atoms with Crippen molar-refractivity contribution >= 4 is 11.0 Å². The number of para-hydroxylation sites is 1. The van der Waals surface area contributed by atoms with E-state index >= 15 is 0 Å². The van der Waals surface area contributed by atoms with Gasteiger partial charge in [-0.05, 0) is 127 Å². The van der Waals surface area contributed by atoms with E-state index in [-0.39, 0.29) is 27.7 Å². The first kappa shape index (κ1) is 33.3. The molecular weight excluding hydrogens is 815 g/mol. The van der Waals surface area contributed by atoms with Gasteiger partial charge in [0.1, 0.15) is 11.6 Å². The van der Waals surface area contributed by atoms with Crippen LogP contribution in [0.1, 0.15) is 156 Å². The second-order valence-corrected chi connectivity index (χ2v) is 21.7. The lowest BCUT2D eigenvalue weighted by Crippen LogP contribution is -2.17. The molecule has 344 valence electrons. The Balaban J connectivity index is 1.43. The molecule has 0 saturated carbocycles. The van der Waals surface area contributed by atoms with Gasteiger partial charge in [0, 0.05) is 40.8 Å². The van der Waals surface area contributed by atoms with Crippen LogP contribution in [0.5, 0.6) is 5.75 Å².